The highest BCUT2D eigenvalue weighted by molar-refractivity contribution is 7.99. The first kappa shape index (κ1) is 14.7. The van der Waals surface area contributed by atoms with E-state index in [1.807, 2.05) is 6.92 Å². The van der Waals surface area contributed by atoms with Crippen molar-refractivity contribution in [3.8, 4) is 5.75 Å². The second-order valence-electron chi connectivity index (χ2n) is 4.50. The van der Waals surface area contributed by atoms with Crippen LogP contribution in [0.2, 0.25) is 0 Å². The fourth-order valence-corrected chi connectivity index (χ4v) is 3.07. The summed E-state index contributed by atoms with van der Waals surface area (Å²) in [4.78, 5) is 24.8. The number of carboxylic acid groups (broad SMARTS) is 1. The van der Waals surface area contributed by atoms with Crippen LogP contribution in [0.25, 0.3) is 0 Å². The molecule has 1 fully saturated rings. The second-order valence-corrected chi connectivity index (χ2v) is 5.50. The predicted molar refractivity (Wildman–Crippen MR) is 77.1 cm³/mol. The molecule has 1 N–H and O–H groups in total. The highest BCUT2D eigenvalue weighted by Gasteiger charge is 2.34. The van der Waals surface area contributed by atoms with Crippen LogP contribution in [0, 0.1) is 0 Å². The zero-order chi connectivity index (χ0) is 14.5. The van der Waals surface area contributed by atoms with Gasteiger partial charge in [-0.05, 0) is 30.7 Å². The van der Waals surface area contributed by atoms with Crippen LogP contribution in [0.1, 0.15) is 23.7 Å². The lowest BCUT2D eigenvalue weighted by Gasteiger charge is -2.20. The van der Waals surface area contributed by atoms with E-state index in [2.05, 4.69) is 0 Å². The molecule has 0 aromatic heterocycles. The number of rotatable bonds is 5. The van der Waals surface area contributed by atoms with E-state index >= 15 is 0 Å². The van der Waals surface area contributed by atoms with Crippen molar-refractivity contribution in [1.29, 1.82) is 0 Å². The van der Waals surface area contributed by atoms with E-state index in [1.54, 1.807) is 24.3 Å². The number of benzene rings is 1. The molecule has 1 amide bonds. The van der Waals surface area contributed by atoms with E-state index in [4.69, 9.17) is 9.84 Å². The average molecular weight is 295 g/mol. The Bertz CT molecular complexity index is 488. The molecule has 1 atom stereocenters. The van der Waals surface area contributed by atoms with Crippen LogP contribution >= 0.6 is 11.8 Å². The van der Waals surface area contributed by atoms with Gasteiger partial charge in [-0.2, -0.15) is 0 Å². The minimum Gasteiger partial charge on any atom is -0.494 e. The van der Waals surface area contributed by atoms with Crippen molar-refractivity contribution in [2.45, 2.75) is 19.4 Å². The molecular weight excluding hydrogens is 278 g/mol. The molecule has 1 aromatic rings. The maximum Gasteiger partial charge on any atom is 0.327 e. The van der Waals surface area contributed by atoms with Crippen LogP contribution in [0.15, 0.2) is 24.3 Å². The molecule has 5 nitrogen and oxygen atoms in total. The maximum atomic E-state index is 12.3. The summed E-state index contributed by atoms with van der Waals surface area (Å²) < 4.78 is 5.45. The number of nitrogens with zero attached hydrogens (tertiary/aromatic N) is 1. The van der Waals surface area contributed by atoms with E-state index in [-0.39, 0.29) is 5.91 Å². The molecule has 0 aliphatic carbocycles. The predicted octanol–water partition coefficient (Wildman–Crippen LogP) is 2.08. The second kappa shape index (κ2) is 6.65. The Labute approximate surface area is 121 Å². The van der Waals surface area contributed by atoms with Gasteiger partial charge in [-0.15, -0.1) is 11.8 Å². The van der Waals surface area contributed by atoms with Crippen LogP contribution in [-0.2, 0) is 4.79 Å². The maximum absolute atomic E-state index is 12.3. The molecule has 0 bridgehead atoms. The number of carbonyl (C=O) groups excluding carboxylic acids is 1. The monoisotopic (exact) mass is 295 g/mol. The molecule has 0 unspecified atom stereocenters. The van der Waals surface area contributed by atoms with Crippen LogP contribution < -0.4 is 4.74 Å². The van der Waals surface area contributed by atoms with E-state index in [9.17, 15) is 9.59 Å². The van der Waals surface area contributed by atoms with Gasteiger partial charge in [0.05, 0.1) is 12.5 Å². The van der Waals surface area contributed by atoms with E-state index in [0.29, 0.717) is 29.5 Å². The average Bonchev–Trinajstić information content (AvgIpc) is 2.94. The van der Waals surface area contributed by atoms with Crippen LogP contribution in [0.4, 0.5) is 0 Å². The van der Waals surface area contributed by atoms with Gasteiger partial charge >= 0.3 is 5.97 Å². The highest BCUT2D eigenvalue weighted by atomic mass is 32.2. The molecule has 1 heterocycles. The molecule has 0 spiro atoms. The summed E-state index contributed by atoms with van der Waals surface area (Å²) in [5.41, 5.74) is 0.489. The van der Waals surface area contributed by atoms with Gasteiger partial charge in [0, 0.05) is 11.3 Å². The standard InChI is InChI=1S/C14H17NO4S/c1-2-7-19-11-5-3-10(4-6-11)13(16)15-9-20-8-12(15)14(17)18/h3-6,12H,2,7-9H2,1H3,(H,17,18)/t12-/m0/s1. The third-order valence-corrected chi connectivity index (χ3v) is 4.01. The largest absolute Gasteiger partial charge is 0.494 e. The van der Waals surface area contributed by atoms with Gasteiger partial charge in [0.2, 0.25) is 0 Å². The van der Waals surface area contributed by atoms with Crippen molar-refractivity contribution in [1.82, 2.24) is 4.90 Å². The van der Waals surface area contributed by atoms with E-state index < -0.39 is 12.0 Å². The number of amides is 1. The minimum atomic E-state index is -0.953. The zero-order valence-electron chi connectivity index (χ0n) is 11.2. The Balaban J connectivity index is 2.07. The molecule has 6 heteroatoms. The third kappa shape index (κ3) is 3.25. The number of carbonyl (C=O) groups is 2. The molecular formula is C14H17NO4S. The van der Waals surface area contributed by atoms with Crippen molar-refractivity contribution >= 4 is 23.6 Å². The van der Waals surface area contributed by atoms with Gasteiger partial charge < -0.3 is 14.7 Å². The number of ether oxygens (including phenoxy) is 1. The van der Waals surface area contributed by atoms with Gasteiger partial charge in [0.1, 0.15) is 11.8 Å². The first-order valence-electron chi connectivity index (χ1n) is 6.48. The Morgan fingerprint density at radius 2 is 2.10 bits per heavy atom. The molecule has 1 saturated heterocycles. The fraction of sp³-hybridized carbons (Fsp3) is 0.429. The van der Waals surface area contributed by atoms with Crippen LogP contribution in [0.5, 0.6) is 5.75 Å². The number of hydrogen-bond donors (Lipinski definition) is 1. The summed E-state index contributed by atoms with van der Waals surface area (Å²) in [6.45, 7) is 2.66. The van der Waals surface area contributed by atoms with Crippen molar-refractivity contribution in [2.75, 3.05) is 18.2 Å². The SMILES string of the molecule is CCCOc1ccc(C(=O)N2CSC[C@H]2C(=O)O)cc1. The normalized spacial score (nSPS) is 18.1. The first-order chi connectivity index (χ1) is 9.63. The zero-order valence-corrected chi connectivity index (χ0v) is 12.1. The Morgan fingerprint density at radius 3 is 2.70 bits per heavy atom. The number of aliphatic carboxylic acids is 1. The molecule has 0 radical (unpaired) electrons. The van der Waals surface area contributed by atoms with Crippen LogP contribution in [0.3, 0.4) is 0 Å². The van der Waals surface area contributed by atoms with Gasteiger partial charge in [-0.3, -0.25) is 4.79 Å². The molecule has 108 valence electrons. The lowest BCUT2D eigenvalue weighted by Crippen LogP contribution is -2.41. The number of thioether (sulfide) groups is 1. The number of carboxylic acids is 1. The summed E-state index contributed by atoms with van der Waals surface area (Å²) in [5, 5.41) is 9.09. The van der Waals surface area contributed by atoms with Gasteiger partial charge in [-0.25, -0.2) is 4.79 Å². The minimum absolute atomic E-state index is 0.246. The van der Waals surface area contributed by atoms with Gasteiger partial charge in [-0.1, -0.05) is 6.92 Å². The summed E-state index contributed by atoms with van der Waals surface area (Å²) in [5.74, 6) is 0.382. The van der Waals surface area contributed by atoms with Crippen molar-refractivity contribution in [3.63, 3.8) is 0 Å². The Hall–Kier alpha value is -1.69. The smallest absolute Gasteiger partial charge is 0.327 e. The lowest BCUT2D eigenvalue weighted by molar-refractivity contribution is -0.140. The Morgan fingerprint density at radius 1 is 1.40 bits per heavy atom. The van der Waals surface area contributed by atoms with Crippen molar-refractivity contribution in [2.24, 2.45) is 0 Å². The van der Waals surface area contributed by atoms with Gasteiger partial charge in [0.25, 0.3) is 5.91 Å². The van der Waals surface area contributed by atoms with Crippen molar-refractivity contribution in [3.05, 3.63) is 29.8 Å². The quantitative estimate of drug-likeness (QED) is 0.901. The molecule has 2 rings (SSSR count). The molecule has 1 aliphatic heterocycles. The topological polar surface area (TPSA) is 66.8 Å². The molecule has 1 aliphatic rings. The van der Waals surface area contributed by atoms with Crippen molar-refractivity contribution < 1.29 is 19.4 Å². The third-order valence-electron chi connectivity index (χ3n) is 3.00. The van der Waals surface area contributed by atoms with E-state index in [1.165, 1.54) is 16.7 Å². The fourth-order valence-electron chi connectivity index (χ4n) is 1.93. The van der Waals surface area contributed by atoms with Crippen LogP contribution in [-0.4, -0.2) is 46.2 Å². The summed E-state index contributed by atoms with van der Waals surface area (Å²) in [7, 11) is 0. The molecule has 1 aromatic carbocycles. The summed E-state index contributed by atoms with van der Waals surface area (Å²) in [6.07, 6.45) is 0.923. The Kier molecular flexibility index (Phi) is 4.89. The number of hydrogen-bond acceptors (Lipinski definition) is 4. The van der Waals surface area contributed by atoms with E-state index in [0.717, 1.165) is 6.42 Å². The summed E-state index contributed by atoms with van der Waals surface area (Å²) >= 11 is 1.46. The molecule has 0 saturated carbocycles. The highest BCUT2D eigenvalue weighted by Crippen LogP contribution is 2.24. The van der Waals surface area contributed by atoms with Gasteiger partial charge in [0.15, 0.2) is 0 Å². The first-order valence-corrected chi connectivity index (χ1v) is 7.63. The summed E-state index contributed by atoms with van der Waals surface area (Å²) in [6, 6.07) is 6.09. The molecule has 20 heavy (non-hydrogen) atoms. The lowest BCUT2D eigenvalue weighted by atomic mass is 10.1.